The first-order chi connectivity index (χ1) is 21.6. The average Bonchev–Trinajstić information content (AvgIpc) is 3.67. The predicted molar refractivity (Wildman–Crippen MR) is 181 cm³/mol. The van der Waals surface area contributed by atoms with Gasteiger partial charge in [0.25, 0.3) is 5.91 Å². The predicted octanol–water partition coefficient (Wildman–Crippen LogP) is 5.59. The molecule has 2 bridgehead atoms. The van der Waals surface area contributed by atoms with E-state index in [1.807, 2.05) is 51.1 Å². The molecule has 2 aromatic rings. The fourth-order valence-electron chi connectivity index (χ4n) is 7.40. The van der Waals surface area contributed by atoms with Crippen molar-refractivity contribution in [2.24, 2.45) is 17.8 Å². The third-order valence-electron chi connectivity index (χ3n) is 9.33. The number of amides is 3. The zero-order chi connectivity index (χ0) is 32.5. The smallest absolute Gasteiger partial charge is 0.251 e. The van der Waals surface area contributed by atoms with Crippen molar-refractivity contribution in [3.05, 3.63) is 78.9 Å². The summed E-state index contributed by atoms with van der Waals surface area (Å²) in [5, 5.41) is 10.9. The van der Waals surface area contributed by atoms with Gasteiger partial charge in [0.15, 0.2) is 0 Å². The Kier molecular flexibility index (Phi) is 10.0. The molecule has 10 heteroatoms. The molecule has 0 saturated carbocycles. The van der Waals surface area contributed by atoms with Crippen LogP contribution in [-0.2, 0) is 14.4 Å². The Morgan fingerprint density at radius 3 is 2.38 bits per heavy atom. The van der Waals surface area contributed by atoms with E-state index in [0.717, 1.165) is 0 Å². The van der Waals surface area contributed by atoms with E-state index >= 15 is 0 Å². The minimum atomic E-state index is -0.892. The largest absolute Gasteiger partial charge is 0.494 e. The fourth-order valence-corrected chi connectivity index (χ4v) is 9.83. The van der Waals surface area contributed by atoms with Crippen molar-refractivity contribution in [2.75, 3.05) is 36.1 Å². The Morgan fingerprint density at radius 2 is 1.78 bits per heavy atom. The summed E-state index contributed by atoms with van der Waals surface area (Å²) in [4.78, 5) is 49.0. The molecule has 3 heterocycles. The van der Waals surface area contributed by atoms with E-state index in [-0.39, 0.29) is 48.6 Å². The number of anilines is 2. The number of nitrogens with zero attached hydrogens (tertiary/aromatic N) is 3. The van der Waals surface area contributed by atoms with Crippen LogP contribution in [0.25, 0.3) is 0 Å². The number of hydrogen-bond donors (Lipinski definition) is 1. The van der Waals surface area contributed by atoms with Crippen LogP contribution in [0, 0.1) is 17.8 Å². The maximum Gasteiger partial charge on any atom is 0.251 e. The van der Waals surface area contributed by atoms with E-state index in [1.54, 1.807) is 56.8 Å². The number of carbonyl (C=O) groups is 3. The van der Waals surface area contributed by atoms with Gasteiger partial charge in [-0.1, -0.05) is 49.7 Å². The summed E-state index contributed by atoms with van der Waals surface area (Å²) in [6, 6.07) is 13.0. The minimum absolute atomic E-state index is 0.126. The minimum Gasteiger partial charge on any atom is -0.494 e. The summed E-state index contributed by atoms with van der Waals surface area (Å²) in [7, 11) is 0. The van der Waals surface area contributed by atoms with Crippen molar-refractivity contribution in [3.8, 4) is 5.75 Å². The molecule has 0 aliphatic carbocycles. The highest BCUT2D eigenvalue weighted by molar-refractivity contribution is 8.02. The summed E-state index contributed by atoms with van der Waals surface area (Å²) in [6.45, 7) is 14.2. The number of carbonyl (C=O) groups excluding carboxylic acids is 3. The lowest BCUT2D eigenvalue weighted by Crippen LogP contribution is -2.58. The number of fused-ring (bicyclic) bond motifs is 1. The third kappa shape index (κ3) is 5.68. The van der Waals surface area contributed by atoms with Gasteiger partial charge in [0.2, 0.25) is 11.8 Å². The summed E-state index contributed by atoms with van der Waals surface area (Å²) in [6.07, 6.45) is 4.63. The zero-order valence-electron chi connectivity index (χ0n) is 26.1. The zero-order valence-corrected chi connectivity index (χ0v) is 27.7. The molecule has 6 atom stereocenters. The van der Waals surface area contributed by atoms with Gasteiger partial charge in [0.05, 0.1) is 46.5 Å². The molecule has 0 aromatic heterocycles. The second kappa shape index (κ2) is 13.6. The highest BCUT2D eigenvalue weighted by Crippen LogP contribution is 2.67. The Labute approximate surface area is 275 Å². The number of ether oxygens (including phenoxy) is 1. The molecular weight excluding hydrogens is 610 g/mol. The number of para-hydroxylation sites is 1. The van der Waals surface area contributed by atoms with E-state index in [9.17, 15) is 19.5 Å². The van der Waals surface area contributed by atoms with Gasteiger partial charge in [0.1, 0.15) is 11.8 Å². The van der Waals surface area contributed by atoms with Crippen molar-refractivity contribution < 1.29 is 24.2 Å². The number of thioether (sulfide) groups is 1. The molecule has 1 N–H and O–H groups in total. The first-order valence-corrected chi connectivity index (χ1v) is 16.8. The maximum atomic E-state index is 14.8. The monoisotopic (exact) mass is 651 g/mol. The normalized spacial score (nSPS) is 25.6. The highest BCUT2D eigenvalue weighted by Gasteiger charge is 2.75. The van der Waals surface area contributed by atoms with E-state index in [0.29, 0.717) is 41.6 Å². The van der Waals surface area contributed by atoms with Gasteiger partial charge < -0.3 is 24.5 Å². The Bertz CT molecular complexity index is 1450. The van der Waals surface area contributed by atoms with Gasteiger partial charge in [-0.05, 0) is 62.1 Å². The van der Waals surface area contributed by atoms with E-state index in [4.69, 9.17) is 16.3 Å². The standard InChI is InChI=1S/C35H42ClN3O5S/c1-6-19-37(23-13-15-24(16-14-23)44-8-3)32(41)29-28-17-18-35(45-28)30(29)33(42)39(27(21-40)22(4)5)31(35)34(43)38(20-7-2)26-12-10-9-11-25(26)36/h6-7,9-16,22,27-31,40H,1-2,8,17-21H2,3-5H3/t27-,28-,29+,30-,31?,35?/m0/s1. The van der Waals surface area contributed by atoms with Crippen molar-refractivity contribution in [3.63, 3.8) is 0 Å². The van der Waals surface area contributed by atoms with E-state index < -0.39 is 28.7 Å². The maximum absolute atomic E-state index is 14.8. The van der Waals surface area contributed by atoms with Gasteiger partial charge in [-0.25, -0.2) is 0 Å². The first kappa shape index (κ1) is 33.1. The molecule has 3 amide bonds. The topological polar surface area (TPSA) is 90.4 Å². The molecule has 3 saturated heterocycles. The second-order valence-electron chi connectivity index (χ2n) is 12.1. The molecule has 8 nitrogen and oxygen atoms in total. The van der Waals surface area contributed by atoms with Crippen LogP contribution < -0.4 is 14.5 Å². The van der Waals surface area contributed by atoms with Crippen molar-refractivity contribution in [2.45, 2.75) is 55.7 Å². The first-order valence-electron chi connectivity index (χ1n) is 15.6. The van der Waals surface area contributed by atoms with Crippen LogP contribution in [0.2, 0.25) is 5.02 Å². The number of hydrogen-bond acceptors (Lipinski definition) is 6. The van der Waals surface area contributed by atoms with Crippen LogP contribution in [0.15, 0.2) is 73.8 Å². The van der Waals surface area contributed by atoms with Gasteiger partial charge in [-0.3, -0.25) is 14.4 Å². The average molecular weight is 652 g/mol. The van der Waals surface area contributed by atoms with E-state index in [2.05, 4.69) is 13.2 Å². The molecule has 3 aliphatic heterocycles. The lowest BCUT2D eigenvalue weighted by molar-refractivity contribution is -0.142. The lowest BCUT2D eigenvalue weighted by atomic mass is 9.70. The SMILES string of the molecule is C=CCN(C(=O)[C@@H]1[C@@H]2CCC3(S2)C(C(=O)N(CC=C)c2ccccc2Cl)N([C@@H](CO)C(C)C)C(=O)[C@H]13)c1ccc(OCC)cc1. The number of benzene rings is 2. The number of halogens is 1. The summed E-state index contributed by atoms with van der Waals surface area (Å²) in [5.74, 6) is -1.48. The molecule has 3 fully saturated rings. The lowest BCUT2D eigenvalue weighted by Gasteiger charge is -2.40. The molecule has 240 valence electrons. The van der Waals surface area contributed by atoms with Crippen LogP contribution in [0.3, 0.4) is 0 Å². The number of aliphatic hydroxyl groups excluding tert-OH is 1. The van der Waals surface area contributed by atoms with Crippen molar-refractivity contribution in [1.82, 2.24) is 4.90 Å². The molecule has 45 heavy (non-hydrogen) atoms. The van der Waals surface area contributed by atoms with Crippen LogP contribution in [0.5, 0.6) is 5.75 Å². The summed E-state index contributed by atoms with van der Waals surface area (Å²) < 4.78 is 4.76. The van der Waals surface area contributed by atoms with Gasteiger partial charge in [0, 0.05) is 24.0 Å². The van der Waals surface area contributed by atoms with Crippen LogP contribution in [0.1, 0.15) is 33.6 Å². The Morgan fingerprint density at radius 1 is 1.11 bits per heavy atom. The van der Waals surface area contributed by atoms with Gasteiger partial charge in [-0.2, -0.15) is 0 Å². The van der Waals surface area contributed by atoms with Gasteiger partial charge in [-0.15, -0.1) is 24.9 Å². The second-order valence-corrected chi connectivity index (χ2v) is 14.2. The fraction of sp³-hybridized carbons (Fsp3) is 0.457. The molecule has 2 aromatic carbocycles. The van der Waals surface area contributed by atoms with Crippen LogP contribution in [-0.4, -0.2) is 76.1 Å². The Hall–Kier alpha value is -3.27. The molecule has 5 rings (SSSR count). The summed E-state index contributed by atoms with van der Waals surface area (Å²) in [5.41, 5.74) is 1.21. The van der Waals surface area contributed by atoms with E-state index in [1.165, 1.54) is 0 Å². The van der Waals surface area contributed by atoms with Crippen LogP contribution >= 0.6 is 23.4 Å². The Balaban J connectivity index is 1.59. The van der Waals surface area contributed by atoms with Gasteiger partial charge >= 0.3 is 0 Å². The van der Waals surface area contributed by atoms with Crippen molar-refractivity contribution >= 4 is 52.5 Å². The number of rotatable bonds is 13. The highest BCUT2D eigenvalue weighted by atomic mass is 35.5. The molecule has 0 radical (unpaired) electrons. The quantitative estimate of drug-likeness (QED) is 0.284. The molecular formula is C35H42ClN3O5S. The van der Waals surface area contributed by atoms with Crippen LogP contribution in [0.4, 0.5) is 11.4 Å². The number of aliphatic hydroxyl groups is 1. The van der Waals surface area contributed by atoms with Crippen molar-refractivity contribution in [1.29, 1.82) is 0 Å². The third-order valence-corrected chi connectivity index (χ3v) is 11.6. The summed E-state index contributed by atoms with van der Waals surface area (Å²) >= 11 is 8.19. The molecule has 1 spiro atoms. The number of likely N-dealkylation sites (tertiary alicyclic amines) is 1. The molecule has 2 unspecified atom stereocenters. The molecule has 3 aliphatic rings.